The third-order valence-corrected chi connectivity index (χ3v) is 7.77. The Morgan fingerprint density at radius 1 is 1.24 bits per heavy atom. The van der Waals surface area contributed by atoms with Gasteiger partial charge in [-0.25, -0.2) is 27.2 Å². The summed E-state index contributed by atoms with van der Waals surface area (Å²) >= 11 is 0. The lowest BCUT2D eigenvalue weighted by Gasteiger charge is -2.32. The molecular weight excluding hydrogens is 510 g/mol. The van der Waals surface area contributed by atoms with Gasteiger partial charge in [-0.1, -0.05) is 0 Å². The summed E-state index contributed by atoms with van der Waals surface area (Å²) in [5.74, 6) is -6.87. The first kappa shape index (κ1) is 26.3. The SMILES string of the molecule is Cc1c(N2C[C@H]3C(F)(F)CC[C@@]3(NC(=O)OC(C)(C)C)C2)c(F)cc2c(=O)c(C(=O)O)cn(C3C[C@@H]3F)c12. The predicted octanol–water partition coefficient (Wildman–Crippen LogP) is 4.56. The fourth-order valence-electron chi connectivity index (χ4n) is 6.04. The number of nitrogens with one attached hydrogen (secondary N) is 1. The molecule has 2 heterocycles. The van der Waals surface area contributed by atoms with Gasteiger partial charge in [-0.15, -0.1) is 0 Å². The lowest BCUT2D eigenvalue weighted by Crippen LogP contribution is -2.54. The molecule has 1 amide bonds. The second-order valence-electron chi connectivity index (χ2n) is 11.6. The largest absolute Gasteiger partial charge is 0.477 e. The normalized spacial score (nSPS) is 27.9. The van der Waals surface area contributed by atoms with Crippen LogP contribution in [0.25, 0.3) is 10.9 Å². The number of alkyl carbamates (subject to hydrolysis) is 1. The predicted molar refractivity (Wildman–Crippen MR) is 130 cm³/mol. The number of carbonyl (C=O) groups is 2. The van der Waals surface area contributed by atoms with Crippen LogP contribution in [0.15, 0.2) is 17.1 Å². The van der Waals surface area contributed by atoms with Gasteiger partial charge in [0.15, 0.2) is 0 Å². The zero-order chi connectivity index (χ0) is 27.9. The maximum Gasteiger partial charge on any atom is 0.408 e. The number of amides is 1. The second-order valence-corrected chi connectivity index (χ2v) is 11.6. The maximum absolute atomic E-state index is 15.6. The van der Waals surface area contributed by atoms with Gasteiger partial charge in [-0.3, -0.25) is 4.79 Å². The zero-order valence-corrected chi connectivity index (χ0v) is 21.4. The minimum absolute atomic E-state index is 0.0487. The van der Waals surface area contributed by atoms with Crippen LogP contribution >= 0.6 is 0 Å². The molecule has 12 heteroatoms. The Balaban J connectivity index is 1.61. The molecule has 0 radical (unpaired) electrons. The van der Waals surface area contributed by atoms with Crippen molar-refractivity contribution in [1.82, 2.24) is 9.88 Å². The lowest BCUT2D eigenvalue weighted by molar-refractivity contribution is -0.0415. The molecule has 2 aliphatic carbocycles. The summed E-state index contributed by atoms with van der Waals surface area (Å²) in [5, 5.41) is 11.9. The van der Waals surface area contributed by atoms with E-state index in [1.54, 1.807) is 20.8 Å². The highest BCUT2D eigenvalue weighted by atomic mass is 19.3. The number of fused-ring (bicyclic) bond motifs is 2. The van der Waals surface area contributed by atoms with Gasteiger partial charge in [0.1, 0.15) is 23.2 Å². The Bertz CT molecular complexity index is 1420. The van der Waals surface area contributed by atoms with Crippen molar-refractivity contribution in [2.75, 3.05) is 18.0 Å². The molecule has 3 fully saturated rings. The number of carbonyl (C=O) groups excluding carboxylic acids is 1. The molecule has 1 aromatic heterocycles. The summed E-state index contributed by atoms with van der Waals surface area (Å²) in [5.41, 5.74) is -3.47. The number of ether oxygens (including phenoxy) is 1. The van der Waals surface area contributed by atoms with Gasteiger partial charge in [-0.2, -0.15) is 0 Å². The number of aryl methyl sites for hydroxylation is 1. The molecule has 38 heavy (non-hydrogen) atoms. The highest BCUT2D eigenvalue weighted by Crippen LogP contribution is 2.52. The van der Waals surface area contributed by atoms with E-state index in [9.17, 15) is 23.9 Å². The van der Waals surface area contributed by atoms with Crippen molar-refractivity contribution in [3.05, 3.63) is 39.4 Å². The Morgan fingerprint density at radius 3 is 2.47 bits per heavy atom. The lowest BCUT2D eigenvalue weighted by atomic mass is 9.89. The fourth-order valence-corrected chi connectivity index (χ4v) is 6.04. The van der Waals surface area contributed by atoms with E-state index in [1.165, 1.54) is 16.4 Å². The molecule has 1 saturated heterocycles. The van der Waals surface area contributed by atoms with Crippen LogP contribution in [0.2, 0.25) is 0 Å². The molecule has 4 atom stereocenters. The van der Waals surface area contributed by atoms with E-state index in [1.807, 2.05) is 0 Å². The molecule has 8 nitrogen and oxygen atoms in total. The van der Waals surface area contributed by atoms with Crippen LogP contribution in [0.4, 0.5) is 28.0 Å². The molecule has 2 N–H and O–H groups in total. The van der Waals surface area contributed by atoms with Crippen molar-refractivity contribution < 1.29 is 37.0 Å². The summed E-state index contributed by atoms with van der Waals surface area (Å²) in [7, 11) is 0. The third-order valence-electron chi connectivity index (χ3n) is 7.77. The summed E-state index contributed by atoms with van der Waals surface area (Å²) < 4.78 is 66.4. The number of alkyl halides is 3. The highest BCUT2D eigenvalue weighted by Gasteiger charge is 2.64. The van der Waals surface area contributed by atoms with Crippen molar-refractivity contribution in [3.63, 3.8) is 0 Å². The van der Waals surface area contributed by atoms with E-state index < -0.39 is 70.5 Å². The van der Waals surface area contributed by atoms with E-state index in [0.29, 0.717) is 0 Å². The van der Waals surface area contributed by atoms with Gasteiger partial charge in [0.05, 0.1) is 28.7 Å². The van der Waals surface area contributed by atoms with Crippen LogP contribution in [0, 0.1) is 18.7 Å². The molecule has 1 unspecified atom stereocenters. The van der Waals surface area contributed by atoms with Crippen LogP contribution in [0.3, 0.4) is 0 Å². The Hall–Kier alpha value is -3.31. The van der Waals surface area contributed by atoms with E-state index in [4.69, 9.17) is 4.74 Å². The number of nitrogens with zero attached hydrogens (tertiary/aromatic N) is 2. The second kappa shape index (κ2) is 8.34. The third kappa shape index (κ3) is 4.17. The van der Waals surface area contributed by atoms with Crippen LogP contribution in [-0.4, -0.2) is 58.1 Å². The van der Waals surface area contributed by atoms with Crippen molar-refractivity contribution >= 4 is 28.7 Å². The highest BCUT2D eigenvalue weighted by molar-refractivity contribution is 5.95. The Kier molecular flexibility index (Phi) is 5.78. The minimum Gasteiger partial charge on any atom is -0.477 e. The molecule has 2 saturated carbocycles. The number of rotatable bonds is 4. The summed E-state index contributed by atoms with van der Waals surface area (Å²) in [6, 6.07) is 0.161. The number of anilines is 1. The molecule has 0 bridgehead atoms. The van der Waals surface area contributed by atoms with Crippen molar-refractivity contribution in [3.8, 4) is 0 Å². The number of hydrogen-bond donors (Lipinski definition) is 2. The van der Waals surface area contributed by atoms with Gasteiger partial charge < -0.3 is 24.6 Å². The average molecular weight is 540 g/mol. The van der Waals surface area contributed by atoms with E-state index >= 15 is 13.2 Å². The first-order chi connectivity index (χ1) is 17.5. The van der Waals surface area contributed by atoms with Crippen molar-refractivity contribution in [2.45, 2.75) is 76.2 Å². The smallest absolute Gasteiger partial charge is 0.408 e. The van der Waals surface area contributed by atoms with Crippen LogP contribution < -0.4 is 15.6 Å². The summed E-state index contributed by atoms with van der Waals surface area (Å²) in [4.78, 5) is 38.6. The fraction of sp³-hybridized carbons (Fsp3) is 0.577. The van der Waals surface area contributed by atoms with E-state index in [0.717, 1.165) is 12.3 Å². The number of hydrogen-bond acceptors (Lipinski definition) is 5. The van der Waals surface area contributed by atoms with E-state index in [-0.39, 0.29) is 48.1 Å². The minimum atomic E-state index is -3.13. The molecule has 206 valence electrons. The topological polar surface area (TPSA) is 101 Å². The van der Waals surface area contributed by atoms with Crippen LogP contribution in [-0.2, 0) is 4.74 Å². The number of benzene rings is 1. The number of aromatic nitrogens is 1. The summed E-state index contributed by atoms with van der Waals surface area (Å²) in [6.07, 6.45) is -1.45. The standard InChI is InChI=1S/C26H29F4N3O5/c1-12-19-13(21(34)14(22(35)36)9-33(19)17-8-15(17)27)7-16(28)20(12)32-10-18-25(11-32,5-6-26(18,29)30)31-23(37)38-24(2,3)4/h7,9,15,17-18H,5-6,8,10-11H2,1-4H3,(H,31,37)(H,35,36)/t15-,17?,18+,25+/m0/s1. The monoisotopic (exact) mass is 539 g/mol. The van der Waals surface area contributed by atoms with Crippen molar-refractivity contribution in [2.24, 2.45) is 5.92 Å². The van der Waals surface area contributed by atoms with Crippen LogP contribution in [0.5, 0.6) is 0 Å². The zero-order valence-electron chi connectivity index (χ0n) is 21.4. The molecule has 3 aliphatic rings. The van der Waals surface area contributed by atoms with Crippen LogP contribution in [0.1, 0.15) is 62.0 Å². The van der Waals surface area contributed by atoms with Gasteiger partial charge in [0.2, 0.25) is 5.43 Å². The Labute approximate surface area is 215 Å². The van der Waals surface area contributed by atoms with Gasteiger partial charge >= 0.3 is 12.1 Å². The molecule has 0 spiro atoms. The molecule has 1 aliphatic heterocycles. The van der Waals surface area contributed by atoms with E-state index in [2.05, 4.69) is 5.32 Å². The molecule has 2 aromatic rings. The Morgan fingerprint density at radius 2 is 1.89 bits per heavy atom. The molecular formula is C26H29F4N3O5. The summed E-state index contributed by atoms with van der Waals surface area (Å²) in [6.45, 7) is 6.03. The first-order valence-corrected chi connectivity index (χ1v) is 12.4. The number of aromatic carboxylic acids is 1. The average Bonchev–Trinajstić information content (AvgIpc) is 3.30. The number of carboxylic acid groups (broad SMARTS) is 1. The van der Waals surface area contributed by atoms with Crippen molar-refractivity contribution in [1.29, 1.82) is 0 Å². The van der Waals surface area contributed by atoms with Gasteiger partial charge in [0, 0.05) is 37.5 Å². The number of carboxylic acids is 1. The maximum atomic E-state index is 15.6. The quantitative estimate of drug-likeness (QED) is 0.553. The molecule has 1 aromatic carbocycles. The molecule has 5 rings (SSSR count). The van der Waals surface area contributed by atoms with Gasteiger partial charge in [-0.05, 0) is 45.7 Å². The first-order valence-electron chi connectivity index (χ1n) is 12.4. The number of pyridine rings is 1. The number of halogens is 4. The van der Waals surface area contributed by atoms with Gasteiger partial charge in [0.25, 0.3) is 5.92 Å².